The Morgan fingerprint density at radius 3 is 2.62 bits per heavy atom. The molecule has 0 aliphatic rings. The maximum Gasteiger partial charge on any atom is 0.328 e. The lowest BCUT2D eigenvalue weighted by Gasteiger charge is -2.07. The minimum absolute atomic E-state index is 0.224. The Bertz CT molecular complexity index is 372. The van der Waals surface area contributed by atoms with Crippen molar-refractivity contribution in [2.24, 2.45) is 7.05 Å². The highest BCUT2D eigenvalue weighted by Crippen LogP contribution is 2.12. The summed E-state index contributed by atoms with van der Waals surface area (Å²) in [5, 5.41) is 0. The molecule has 1 rings (SSSR count). The number of rotatable bonds is 2. The van der Waals surface area contributed by atoms with Gasteiger partial charge in [0, 0.05) is 18.8 Å². The second kappa shape index (κ2) is 3.60. The molecule has 1 atom stereocenters. The molecule has 0 bridgehead atoms. The van der Waals surface area contributed by atoms with E-state index in [9.17, 15) is 9.59 Å². The van der Waals surface area contributed by atoms with Crippen LogP contribution in [0.3, 0.4) is 0 Å². The summed E-state index contributed by atoms with van der Waals surface area (Å²) in [5.74, 6) is 0.224. The Balaban J connectivity index is 3.29. The van der Waals surface area contributed by atoms with Crippen molar-refractivity contribution in [3.8, 4) is 0 Å². The highest BCUT2D eigenvalue weighted by Gasteiger charge is 2.06. The number of nitrogens with zero attached hydrogens (tertiary/aromatic N) is 1. The van der Waals surface area contributed by atoms with Gasteiger partial charge in [0.15, 0.2) is 0 Å². The van der Waals surface area contributed by atoms with Gasteiger partial charge in [-0.05, 0) is 12.3 Å². The molecule has 0 fully saturated rings. The fourth-order valence-electron chi connectivity index (χ4n) is 1.06. The van der Waals surface area contributed by atoms with E-state index in [0.29, 0.717) is 0 Å². The topological polar surface area (TPSA) is 54.9 Å². The molecule has 4 heteroatoms. The number of hydrogen-bond donors (Lipinski definition) is 1. The normalized spacial score (nSPS) is 12.8. The van der Waals surface area contributed by atoms with Gasteiger partial charge in [-0.1, -0.05) is 13.8 Å². The van der Waals surface area contributed by atoms with E-state index < -0.39 is 0 Å². The average Bonchev–Trinajstić information content (AvgIpc) is 2.12. The van der Waals surface area contributed by atoms with Crippen LogP contribution in [0.1, 0.15) is 31.9 Å². The van der Waals surface area contributed by atoms with Gasteiger partial charge in [-0.2, -0.15) is 0 Å². The lowest BCUT2D eigenvalue weighted by molar-refractivity contribution is 0.670. The van der Waals surface area contributed by atoms with Crippen LogP contribution in [0.4, 0.5) is 0 Å². The van der Waals surface area contributed by atoms with Gasteiger partial charge >= 0.3 is 5.69 Å². The zero-order valence-electron chi connectivity index (χ0n) is 8.13. The quantitative estimate of drug-likeness (QED) is 0.727. The van der Waals surface area contributed by atoms with Crippen LogP contribution in [0.2, 0.25) is 0 Å². The summed E-state index contributed by atoms with van der Waals surface area (Å²) in [6, 6.07) is 1.48. The number of aromatic amines is 1. The van der Waals surface area contributed by atoms with Crippen LogP contribution in [-0.4, -0.2) is 9.55 Å². The summed E-state index contributed by atoms with van der Waals surface area (Å²) in [7, 11) is 1.46. The van der Waals surface area contributed by atoms with Crippen LogP contribution in [0, 0.1) is 0 Å². The monoisotopic (exact) mass is 182 g/mol. The van der Waals surface area contributed by atoms with E-state index in [0.717, 1.165) is 16.7 Å². The van der Waals surface area contributed by atoms with Crippen LogP contribution in [0.5, 0.6) is 0 Å². The zero-order chi connectivity index (χ0) is 10.0. The molecule has 1 aromatic heterocycles. The number of nitrogens with one attached hydrogen (secondary N) is 1. The Morgan fingerprint density at radius 1 is 1.54 bits per heavy atom. The summed E-state index contributed by atoms with van der Waals surface area (Å²) in [4.78, 5) is 25.1. The van der Waals surface area contributed by atoms with E-state index in [4.69, 9.17) is 0 Å². The average molecular weight is 182 g/mol. The standard InChI is InChI=1S/C9H14N2O2/c1-4-6(2)7-5-8(12)11(3)9(13)10-7/h5-6H,4H2,1-3H3,(H,10,13)/t6-/m1/s1. The summed E-state index contributed by atoms with van der Waals surface area (Å²) < 4.78 is 1.06. The predicted octanol–water partition coefficient (Wildman–Crippen LogP) is 0.587. The van der Waals surface area contributed by atoms with Gasteiger partial charge in [0.2, 0.25) is 0 Å². The van der Waals surface area contributed by atoms with E-state index in [1.54, 1.807) is 0 Å². The lowest BCUT2D eigenvalue weighted by atomic mass is 10.1. The lowest BCUT2D eigenvalue weighted by Crippen LogP contribution is -2.33. The summed E-state index contributed by atoms with van der Waals surface area (Å²) in [5.41, 5.74) is 0.123. The maximum atomic E-state index is 11.2. The van der Waals surface area contributed by atoms with Crippen molar-refractivity contribution in [1.82, 2.24) is 9.55 Å². The fraction of sp³-hybridized carbons (Fsp3) is 0.556. The molecule has 0 saturated carbocycles. The van der Waals surface area contributed by atoms with Gasteiger partial charge in [0.1, 0.15) is 0 Å². The first kappa shape index (κ1) is 9.77. The van der Waals surface area contributed by atoms with Gasteiger partial charge in [-0.25, -0.2) is 4.79 Å². The molecular weight excluding hydrogens is 168 g/mol. The van der Waals surface area contributed by atoms with Crippen molar-refractivity contribution in [1.29, 1.82) is 0 Å². The molecule has 1 aromatic rings. The fourth-order valence-corrected chi connectivity index (χ4v) is 1.06. The predicted molar refractivity (Wildman–Crippen MR) is 51.0 cm³/mol. The second-order valence-corrected chi connectivity index (χ2v) is 3.24. The molecule has 0 aliphatic heterocycles. The van der Waals surface area contributed by atoms with E-state index in [1.807, 2.05) is 13.8 Å². The highest BCUT2D eigenvalue weighted by atomic mass is 16.2. The highest BCUT2D eigenvalue weighted by molar-refractivity contribution is 5.04. The van der Waals surface area contributed by atoms with Gasteiger partial charge in [-0.3, -0.25) is 9.36 Å². The van der Waals surface area contributed by atoms with Crippen molar-refractivity contribution >= 4 is 0 Å². The Kier molecular flexibility index (Phi) is 2.70. The molecule has 1 heterocycles. The van der Waals surface area contributed by atoms with Gasteiger partial charge < -0.3 is 4.98 Å². The van der Waals surface area contributed by atoms with Crippen LogP contribution in [0.15, 0.2) is 15.7 Å². The van der Waals surface area contributed by atoms with Crippen LogP contribution >= 0.6 is 0 Å². The van der Waals surface area contributed by atoms with Gasteiger partial charge in [0.05, 0.1) is 0 Å². The molecule has 0 amide bonds. The SMILES string of the molecule is CC[C@@H](C)c1cc(=O)n(C)c(=O)[nH]1. The summed E-state index contributed by atoms with van der Waals surface area (Å²) >= 11 is 0. The molecule has 0 unspecified atom stereocenters. The van der Waals surface area contributed by atoms with Crippen LogP contribution < -0.4 is 11.2 Å². The smallest absolute Gasteiger partial charge is 0.311 e. The molecule has 72 valence electrons. The van der Waals surface area contributed by atoms with Crippen molar-refractivity contribution in [3.05, 3.63) is 32.6 Å². The molecular formula is C9H14N2O2. The van der Waals surface area contributed by atoms with Crippen molar-refractivity contribution in [2.45, 2.75) is 26.2 Å². The van der Waals surface area contributed by atoms with E-state index in [2.05, 4.69) is 4.98 Å². The largest absolute Gasteiger partial charge is 0.328 e. The van der Waals surface area contributed by atoms with Crippen molar-refractivity contribution < 1.29 is 0 Å². The van der Waals surface area contributed by atoms with E-state index in [1.165, 1.54) is 13.1 Å². The molecule has 0 aromatic carbocycles. The molecule has 13 heavy (non-hydrogen) atoms. The minimum atomic E-state index is -0.345. The number of hydrogen-bond acceptors (Lipinski definition) is 2. The van der Waals surface area contributed by atoms with E-state index in [-0.39, 0.29) is 17.2 Å². The molecule has 0 aliphatic carbocycles. The summed E-state index contributed by atoms with van der Waals surface area (Å²) in [6.07, 6.45) is 0.906. The molecule has 4 nitrogen and oxygen atoms in total. The number of H-pyrrole nitrogens is 1. The third-order valence-corrected chi connectivity index (χ3v) is 2.31. The van der Waals surface area contributed by atoms with Gasteiger partial charge in [-0.15, -0.1) is 0 Å². The minimum Gasteiger partial charge on any atom is -0.311 e. The summed E-state index contributed by atoms with van der Waals surface area (Å²) in [6.45, 7) is 3.99. The van der Waals surface area contributed by atoms with Gasteiger partial charge in [0.25, 0.3) is 5.56 Å². The molecule has 1 N–H and O–H groups in total. The maximum absolute atomic E-state index is 11.2. The van der Waals surface area contributed by atoms with Crippen molar-refractivity contribution in [2.75, 3.05) is 0 Å². The van der Waals surface area contributed by atoms with Crippen molar-refractivity contribution in [3.63, 3.8) is 0 Å². The van der Waals surface area contributed by atoms with E-state index >= 15 is 0 Å². The first-order valence-electron chi connectivity index (χ1n) is 4.36. The third kappa shape index (κ3) is 1.88. The molecule has 0 spiro atoms. The van der Waals surface area contributed by atoms with Crippen LogP contribution in [-0.2, 0) is 7.05 Å². The molecule has 0 saturated heterocycles. The Morgan fingerprint density at radius 2 is 2.15 bits per heavy atom. The Labute approximate surface area is 76.2 Å². The first-order valence-corrected chi connectivity index (χ1v) is 4.36. The second-order valence-electron chi connectivity index (χ2n) is 3.24. The third-order valence-electron chi connectivity index (χ3n) is 2.31. The Hall–Kier alpha value is -1.32. The van der Waals surface area contributed by atoms with Crippen LogP contribution in [0.25, 0.3) is 0 Å². The number of aromatic nitrogens is 2. The zero-order valence-corrected chi connectivity index (χ0v) is 8.13. The first-order chi connectivity index (χ1) is 6.06. The molecule has 0 radical (unpaired) electrons.